The second kappa shape index (κ2) is 11.2. The number of carbonyl (C=O) groups excluding carboxylic acids is 1. The summed E-state index contributed by atoms with van der Waals surface area (Å²) in [5.41, 5.74) is 13.4. The van der Waals surface area contributed by atoms with E-state index in [1.807, 2.05) is 36.4 Å². The van der Waals surface area contributed by atoms with E-state index in [1.165, 1.54) is 0 Å². The minimum absolute atomic E-state index is 0.213. The van der Waals surface area contributed by atoms with E-state index >= 15 is 0 Å². The zero-order valence-corrected chi connectivity index (χ0v) is 17.8. The van der Waals surface area contributed by atoms with E-state index in [1.54, 1.807) is 7.11 Å². The number of ether oxygens (including phenoxy) is 4. The summed E-state index contributed by atoms with van der Waals surface area (Å²) in [6.45, 7) is 2.40. The van der Waals surface area contributed by atoms with Gasteiger partial charge in [0.05, 0.1) is 19.8 Å². The van der Waals surface area contributed by atoms with Gasteiger partial charge in [-0.15, -0.1) is 0 Å². The highest BCUT2D eigenvalue weighted by Crippen LogP contribution is 2.38. The smallest absolute Gasteiger partial charge is 0.249 e. The fourth-order valence-corrected chi connectivity index (χ4v) is 3.25. The Morgan fingerprint density at radius 1 is 1.06 bits per heavy atom. The Kier molecular flexibility index (Phi) is 8.12. The molecule has 166 valence electrons. The first-order valence-electron chi connectivity index (χ1n) is 10.3. The van der Waals surface area contributed by atoms with Gasteiger partial charge in [-0.05, 0) is 35.7 Å². The van der Waals surface area contributed by atoms with Crippen molar-refractivity contribution in [3.05, 3.63) is 42.0 Å². The quantitative estimate of drug-likeness (QED) is 0.359. The Morgan fingerprint density at radius 2 is 1.87 bits per heavy atom. The Bertz CT molecular complexity index is 925. The van der Waals surface area contributed by atoms with Crippen LogP contribution in [0.15, 0.2) is 41.4 Å². The molecule has 1 aliphatic rings. The van der Waals surface area contributed by atoms with Crippen molar-refractivity contribution in [2.24, 2.45) is 16.5 Å². The number of guanidine groups is 1. The molecule has 0 radical (unpaired) electrons. The number of benzene rings is 2. The van der Waals surface area contributed by atoms with Crippen LogP contribution in [0.1, 0.15) is 24.8 Å². The summed E-state index contributed by atoms with van der Waals surface area (Å²) in [5, 5.41) is 0. The Hall–Kier alpha value is -3.26. The van der Waals surface area contributed by atoms with Crippen LogP contribution >= 0.6 is 0 Å². The molecular weight excluding hydrogens is 398 g/mol. The fraction of sp³-hybridized carbons (Fsp3) is 0.391. The molecule has 0 aliphatic carbocycles. The standard InChI is InChI=1S/C23H29N3O5/c1-28-10-2-11-30-20-14-16(5-9-22(27)26-23(24)25)4-7-18(20)17-6-8-19-21(15-17)31-13-3-12-29-19/h4,6-8,14-15H,2-3,5,9-13H2,1H3,(H4,24,25,26,27). The predicted octanol–water partition coefficient (Wildman–Crippen LogP) is 2.66. The van der Waals surface area contributed by atoms with Gasteiger partial charge < -0.3 is 30.4 Å². The lowest BCUT2D eigenvalue weighted by Gasteiger charge is -2.15. The zero-order chi connectivity index (χ0) is 22.1. The molecule has 0 bridgehead atoms. The van der Waals surface area contributed by atoms with Crippen LogP contribution in [0.25, 0.3) is 11.1 Å². The molecule has 31 heavy (non-hydrogen) atoms. The third-order valence-corrected chi connectivity index (χ3v) is 4.74. The first-order chi connectivity index (χ1) is 15.1. The van der Waals surface area contributed by atoms with Crippen LogP contribution in [0.2, 0.25) is 0 Å². The number of nitrogens with zero attached hydrogens (tertiary/aromatic N) is 1. The van der Waals surface area contributed by atoms with Gasteiger partial charge in [-0.2, -0.15) is 4.99 Å². The van der Waals surface area contributed by atoms with E-state index in [0.717, 1.165) is 46.8 Å². The van der Waals surface area contributed by atoms with Crippen LogP contribution < -0.4 is 25.7 Å². The van der Waals surface area contributed by atoms with E-state index in [2.05, 4.69) is 4.99 Å². The molecular formula is C23H29N3O5. The van der Waals surface area contributed by atoms with Crippen molar-refractivity contribution in [2.75, 3.05) is 33.5 Å². The van der Waals surface area contributed by atoms with Crippen LogP contribution in [-0.2, 0) is 16.0 Å². The van der Waals surface area contributed by atoms with Gasteiger partial charge in [0.2, 0.25) is 5.91 Å². The number of aryl methyl sites for hydroxylation is 1. The number of nitrogens with two attached hydrogens (primary N) is 2. The molecule has 0 spiro atoms. The maximum absolute atomic E-state index is 11.8. The number of hydrogen-bond donors (Lipinski definition) is 2. The molecule has 8 heteroatoms. The molecule has 0 saturated carbocycles. The van der Waals surface area contributed by atoms with E-state index in [4.69, 9.17) is 30.4 Å². The maximum Gasteiger partial charge on any atom is 0.249 e. The molecule has 8 nitrogen and oxygen atoms in total. The van der Waals surface area contributed by atoms with Gasteiger partial charge in [0, 0.05) is 38.5 Å². The predicted molar refractivity (Wildman–Crippen MR) is 119 cm³/mol. The Labute approximate surface area is 182 Å². The van der Waals surface area contributed by atoms with Crippen LogP contribution in [0.4, 0.5) is 0 Å². The third-order valence-electron chi connectivity index (χ3n) is 4.74. The summed E-state index contributed by atoms with van der Waals surface area (Å²) >= 11 is 0. The fourth-order valence-electron chi connectivity index (χ4n) is 3.25. The second-order valence-corrected chi connectivity index (χ2v) is 7.17. The van der Waals surface area contributed by atoms with Gasteiger partial charge in [0.1, 0.15) is 5.75 Å². The lowest BCUT2D eigenvalue weighted by Crippen LogP contribution is -2.24. The van der Waals surface area contributed by atoms with Crippen molar-refractivity contribution in [3.63, 3.8) is 0 Å². The molecule has 2 aromatic rings. The van der Waals surface area contributed by atoms with Crippen molar-refractivity contribution >= 4 is 11.9 Å². The molecule has 0 unspecified atom stereocenters. The lowest BCUT2D eigenvalue weighted by atomic mass is 10.00. The van der Waals surface area contributed by atoms with Gasteiger partial charge in [0.25, 0.3) is 0 Å². The summed E-state index contributed by atoms with van der Waals surface area (Å²) in [4.78, 5) is 15.4. The van der Waals surface area contributed by atoms with Crippen molar-refractivity contribution in [3.8, 4) is 28.4 Å². The second-order valence-electron chi connectivity index (χ2n) is 7.17. The molecule has 0 atom stereocenters. The molecule has 0 saturated heterocycles. The lowest BCUT2D eigenvalue weighted by molar-refractivity contribution is -0.117. The number of methoxy groups -OCH3 is 1. The molecule has 2 aromatic carbocycles. The Balaban J connectivity index is 1.83. The molecule has 3 rings (SSSR count). The summed E-state index contributed by atoms with van der Waals surface area (Å²) < 4.78 is 22.7. The first-order valence-corrected chi connectivity index (χ1v) is 10.3. The number of aliphatic imine (C=N–C) groups is 1. The highest BCUT2D eigenvalue weighted by Gasteiger charge is 2.15. The molecule has 1 heterocycles. The number of hydrogen-bond acceptors (Lipinski definition) is 5. The van der Waals surface area contributed by atoms with Crippen LogP contribution in [0, 0.1) is 0 Å². The molecule has 1 aliphatic heterocycles. The number of rotatable bonds is 9. The maximum atomic E-state index is 11.8. The highest BCUT2D eigenvalue weighted by atomic mass is 16.5. The van der Waals surface area contributed by atoms with Crippen molar-refractivity contribution in [2.45, 2.75) is 25.7 Å². The van der Waals surface area contributed by atoms with Crippen LogP contribution in [-0.4, -0.2) is 45.4 Å². The average Bonchev–Trinajstić information content (AvgIpc) is 3.00. The Morgan fingerprint density at radius 3 is 2.65 bits per heavy atom. The van der Waals surface area contributed by atoms with E-state index in [9.17, 15) is 4.79 Å². The van der Waals surface area contributed by atoms with Gasteiger partial charge >= 0.3 is 0 Å². The molecule has 1 amide bonds. The van der Waals surface area contributed by atoms with Crippen molar-refractivity contribution < 1.29 is 23.7 Å². The third kappa shape index (κ3) is 6.62. The summed E-state index contributed by atoms with van der Waals surface area (Å²) in [6, 6.07) is 11.8. The average molecular weight is 428 g/mol. The highest BCUT2D eigenvalue weighted by molar-refractivity contribution is 5.91. The van der Waals surface area contributed by atoms with E-state index < -0.39 is 0 Å². The first kappa shape index (κ1) is 22.4. The van der Waals surface area contributed by atoms with Gasteiger partial charge in [-0.25, -0.2) is 0 Å². The summed E-state index contributed by atoms with van der Waals surface area (Å²) in [5.74, 6) is 1.63. The minimum Gasteiger partial charge on any atom is -0.493 e. The van der Waals surface area contributed by atoms with Crippen molar-refractivity contribution in [1.82, 2.24) is 0 Å². The van der Waals surface area contributed by atoms with Gasteiger partial charge in [-0.3, -0.25) is 4.79 Å². The largest absolute Gasteiger partial charge is 0.493 e. The van der Waals surface area contributed by atoms with Gasteiger partial charge in [-0.1, -0.05) is 18.2 Å². The zero-order valence-electron chi connectivity index (χ0n) is 17.8. The molecule has 0 fully saturated rings. The SMILES string of the molecule is COCCCOc1cc(CCC(=O)N=C(N)N)ccc1-c1ccc2c(c1)OCCCO2. The molecule has 4 N–H and O–H groups in total. The van der Waals surface area contributed by atoms with Crippen LogP contribution in [0.5, 0.6) is 17.2 Å². The van der Waals surface area contributed by atoms with Crippen molar-refractivity contribution in [1.29, 1.82) is 0 Å². The van der Waals surface area contributed by atoms with Gasteiger partial charge in [0.15, 0.2) is 17.5 Å². The normalized spacial score (nSPS) is 12.7. The summed E-state index contributed by atoms with van der Waals surface area (Å²) in [7, 11) is 1.66. The molecule has 0 aromatic heterocycles. The van der Waals surface area contributed by atoms with E-state index in [0.29, 0.717) is 32.8 Å². The number of fused-ring (bicyclic) bond motifs is 1. The van der Waals surface area contributed by atoms with Crippen LogP contribution in [0.3, 0.4) is 0 Å². The summed E-state index contributed by atoms with van der Waals surface area (Å²) in [6.07, 6.45) is 2.34. The topological polar surface area (TPSA) is 118 Å². The number of carbonyl (C=O) groups is 1. The minimum atomic E-state index is -0.352. The van der Waals surface area contributed by atoms with E-state index in [-0.39, 0.29) is 18.3 Å². The number of amides is 1. The monoisotopic (exact) mass is 427 g/mol.